The minimum absolute atomic E-state index is 0.00848. The second-order valence-electron chi connectivity index (χ2n) is 4.83. The van der Waals surface area contributed by atoms with Crippen molar-refractivity contribution in [3.05, 3.63) is 27.2 Å². The maximum absolute atomic E-state index is 12.3. The number of aliphatic hydroxyl groups is 1. The van der Waals surface area contributed by atoms with Crippen molar-refractivity contribution in [3.63, 3.8) is 0 Å². The molecule has 0 amide bonds. The number of nitrogens with one attached hydrogen (secondary N) is 1. The molecule has 1 aliphatic rings. The second kappa shape index (κ2) is 6.38. The summed E-state index contributed by atoms with van der Waals surface area (Å²) in [5.74, 6) is 0. The SMILES string of the molecule is O=S(=O)(NC1CCC(O)CC1)c1c(Cl)cc(Cl)cc1Cl. The minimum Gasteiger partial charge on any atom is -0.393 e. The van der Waals surface area contributed by atoms with Gasteiger partial charge in [-0.3, -0.25) is 0 Å². The Balaban J connectivity index is 2.23. The van der Waals surface area contributed by atoms with Crippen molar-refractivity contribution in [3.8, 4) is 0 Å². The Labute approximate surface area is 133 Å². The molecule has 1 aliphatic carbocycles. The van der Waals surface area contributed by atoms with Gasteiger partial charge >= 0.3 is 0 Å². The Kier molecular flexibility index (Phi) is 5.21. The summed E-state index contributed by atoms with van der Waals surface area (Å²) in [7, 11) is -3.81. The van der Waals surface area contributed by atoms with Crippen LogP contribution in [0.2, 0.25) is 15.1 Å². The third-order valence-electron chi connectivity index (χ3n) is 3.25. The zero-order valence-corrected chi connectivity index (χ0v) is 13.5. The van der Waals surface area contributed by atoms with Crippen molar-refractivity contribution in [1.82, 2.24) is 4.72 Å². The molecular formula is C12H14Cl3NO3S. The van der Waals surface area contributed by atoms with Crippen molar-refractivity contribution in [2.24, 2.45) is 0 Å². The number of halogens is 3. The fourth-order valence-corrected chi connectivity index (χ4v) is 5.11. The summed E-state index contributed by atoms with van der Waals surface area (Å²) in [5.41, 5.74) is 0. The highest BCUT2D eigenvalue weighted by Gasteiger charge is 2.28. The van der Waals surface area contributed by atoms with Gasteiger partial charge in [0.25, 0.3) is 0 Å². The Bertz CT molecular complexity index is 575. The van der Waals surface area contributed by atoms with E-state index < -0.39 is 10.0 Å². The topological polar surface area (TPSA) is 66.4 Å². The van der Waals surface area contributed by atoms with E-state index in [4.69, 9.17) is 34.8 Å². The molecule has 0 atom stereocenters. The molecule has 2 rings (SSSR count). The van der Waals surface area contributed by atoms with Gasteiger partial charge in [0, 0.05) is 11.1 Å². The van der Waals surface area contributed by atoms with E-state index in [1.165, 1.54) is 12.1 Å². The Morgan fingerprint density at radius 1 is 1.05 bits per heavy atom. The van der Waals surface area contributed by atoms with Gasteiger partial charge in [0.15, 0.2) is 0 Å². The van der Waals surface area contributed by atoms with E-state index in [-0.39, 0.29) is 32.1 Å². The van der Waals surface area contributed by atoms with Crippen LogP contribution in [0.5, 0.6) is 0 Å². The summed E-state index contributed by atoms with van der Waals surface area (Å²) in [6.07, 6.45) is 1.98. The maximum atomic E-state index is 12.3. The van der Waals surface area contributed by atoms with E-state index in [0.717, 1.165) is 0 Å². The number of benzene rings is 1. The van der Waals surface area contributed by atoms with Gasteiger partial charge < -0.3 is 5.11 Å². The molecule has 0 unspecified atom stereocenters. The Morgan fingerprint density at radius 3 is 2.05 bits per heavy atom. The van der Waals surface area contributed by atoms with E-state index >= 15 is 0 Å². The van der Waals surface area contributed by atoms with Gasteiger partial charge in [-0.2, -0.15) is 0 Å². The van der Waals surface area contributed by atoms with Crippen molar-refractivity contribution >= 4 is 44.8 Å². The van der Waals surface area contributed by atoms with Gasteiger partial charge in [0.2, 0.25) is 10.0 Å². The molecule has 4 nitrogen and oxygen atoms in total. The number of aliphatic hydroxyl groups excluding tert-OH is 1. The number of rotatable bonds is 3. The summed E-state index contributed by atoms with van der Waals surface area (Å²) in [6.45, 7) is 0. The molecular weight excluding hydrogens is 345 g/mol. The molecule has 2 N–H and O–H groups in total. The lowest BCUT2D eigenvalue weighted by Crippen LogP contribution is -2.38. The summed E-state index contributed by atoms with van der Waals surface area (Å²) in [4.78, 5) is -0.156. The lowest BCUT2D eigenvalue weighted by Gasteiger charge is -2.26. The molecule has 112 valence electrons. The maximum Gasteiger partial charge on any atom is 0.243 e. The summed E-state index contributed by atoms with van der Waals surface area (Å²) < 4.78 is 27.3. The van der Waals surface area contributed by atoms with E-state index in [9.17, 15) is 13.5 Å². The molecule has 0 aromatic heterocycles. The molecule has 1 saturated carbocycles. The first kappa shape index (κ1) is 16.3. The summed E-state index contributed by atoms with van der Waals surface area (Å²) in [6, 6.07) is 2.47. The Hall–Kier alpha value is -0.0400. The molecule has 1 fully saturated rings. The fraction of sp³-hybridized carbons (Fsp3) is 0.500. The highest BCUT2D eigenvalue weighted by atomic mass is 35.5. The molecule has 0 spiro atoms. The van der Waals surface area contributed by atoms with E-state index in [1.54, 1.807) is 0 Å². The largest absolute Gasteiger partial charge is 0.393 e. The van der Waals surface area contributed by atoms with Gasteiger partial charge in [0.05, 0.1) is 16.1 Å². The molecule has 0 bridgehead atoms. The molecule has 0 saturated heterocycles. The van der Waals surface area contributed by atoms with Crippen molar-refractivity contribution < 1.29 is 13.5 Å². The van der Waals surface area contributed by atoms with Crippen LogP contribution in [-0.4, -0.2) is 25.7 Å². The van der Waals surface area contributed by atoms with Gasteiger partial charge in [-0.15, -0.1) is 0 Å². The van der Waals surface area contributed by atoms with E-state index in [2.05, 4.69) is 4.72 Å². The predicted octanol–water partition coefficient (Wildman–Crippen LogP) is 3.23. The van der Waals surface area contributed by atoms with Gasteiger partial charge in [-0.1, -0.05) is 34.8 Å². The average Bonchev–Trinajstić information content (AvgIpc) is 2.30. The molecule has 0 radical (unpaired) electrons. The summed E-state index contributed by atoms with van der Waals surface area (Å²) >= 11 is 17.6. The van der Waals surface area contributed by atoms with E-state index in [1.807, 2.05) is 0 Å². The first-order valence-electron chi connectivity index (χ1n) is 6.14. The van der Waals surface area contributed by atoms with Crippen LogP contribution in [0.1, 0.15) is 25.7 Å². The summed E-state index contributed by atoms with van der Waals surface area (Å²) in [5, 5.41) is 9.69. The van der Waals surface area contributed by atoms with Crippen molar-refractivity contribution in [2.75, 3.05) is 0 Å². The van der Waals surface area contributed by atoms with Crippen LogP contribution < -0.4 is 4.72 Å². The van der Waals surface area contributed by atoms with Crippen LogP contribution >= 0.6 is 34.8 Å². The number of hydrogen-bond donors (Lipinski definition) is 2. The smallest absolute Gasteiger partial charge is 0.243 e. The molecule has 20 heavy (non-hydrogen) atoms. The third-order valence-corrected chi connectivity index (χ3v) is 5.91. The highest BCUT2D eigenvalue weighted by molar-refractivity contribution is 7.89. The highest BCUT2D eigenvalue weighted by Crippen LogP contribution is 2.33. The van der Waals surface area contributed by atoms with Crippen LogP contribution in [0.15, 0.2) is 17.0 Å². The molecule has 0 heterocycles. The zero-order valence-electron chi connectivity index (χ0n) is 10.4. The molecule has 8 heteroatoms. The standard InChI is InChI=1S/C12H14Cl3NO3S/c13-7-5-10(14)12(11(15)6-7)20(18,19)16-8-1-3-9(17)4-2-8/h5-6,8-9,16-17H,1-4H2. The van der Waals surface area contributed by atoms with E-state index in [0.29, 0.717) is 25.7 Å². The number of sulfonamides is 1. The van der Waals surface area contributed by atoms with Crippen molar-refractivity contribution in [1.29, 1.82) is 0 Å². The number of hydrogen-bond acceptors (Lipinski definition) is 3. The average molecular weight is 359 g/mol. The molecule has 1 aromatic carbocycles. The second-order valence-corrected chi connectivity index (χ2v) is 7.73. The normalized spacial score (nSPS) is 23.8. The Morgan fingerprint density at radius 2 is 1.55 bits per heavy atom. The zero-order chi connectivity index (χ0) is 14.9. The van der Waals surface area contributed by atoms with Crippen LogP contribution in [0.3, 0.4) is 0 Å². The third kappa shape index (κ3) is 3.78. The quantitative estimate of drug-likeness (QED) is 0.872. The van der Waals surface area contributed by atoms with Crippen LogP contribution in [0.4, 0.5) is 0 Å². The van der Waals surface area contributed by atoms with Gasteiger partial charge in [-0.05, 0) is 37.8 Å². The first-order chi connectivity index (χ1) is 9.29. The van der Waals surface area contributed by atoms with Gasteiger partial charge in [0.1, 0.15) is 4.90 Å². The van der Waals surface area contributed by atoms with Crippen LogP contribution in [-0.2, 0) is 10.0 Å². The monoisotopic (exact) mass is 357 g/mol. The van der Waals surface area contributed by atoms with Crippen molar-refractivity contribution in [2.45, 2.75) is 42.7 Å². The first-order valence-corrected chi connectivity index (χ1v) is 8.76. The molecule has 1 aromatic rings. The lowest BCUT2D eigenvalue weighted by atomic mass is 9.94. The van der Waals surface area contributed by atoms with Crippen LogP contribution in [0, 0.1) is 0 Å². The predicted molar refractivity (Wildman–Crippen MR) is 80.1 cm³/mol. The van der Waals surface area contributed by atoms with Gasteiger partial charge in [-0.25, -0.2) is 13.1 Å². The minimum atomic E-state index is -3.81. The van der Waals surface area contributed by atoms with Crippen LogP contribution in [0.25, 0.3) is 0 Å². The molecule has 0 aliphatic heterocycles. The lowest BCUT2D eigenvalue weighted by molar-refractivity contribution is 0.120. The fourth-order valence-electron chi connectivity index (χ4n) is 2.26.